The second-order valence-corrected chi connectivity index (χ2v) is 5.45. The van der Waals surface area contributed by atoms with Crippen LogP contribution < -0.4 is 5.32 Å². The van der Waals surface area contributed by atoms with E-state index in [-0.39, 0.29) is 11.8 Å². The molecule has 0 heterocycles. The summed E-state index contributed by atoms with van der Waals surface area (Å²) >= 11 is 6.29. The Kier molecular flexibility index (Phi) is 7.87. The van der Waals surface area contributed by atoms with Gasteiger partial charge in [0, 0.05) is 11.8 Å². The van der Waals surface area contributed by atoms with Crippen molar-refractivity contribution >= 4 is 37.9 Å². The van der Waals surface area contributed by atoms with Gasteiger partial charge in [0.05, 0.1) is 12.1 Å². The van der Waals surface area contributed by atoms with Crippen LogP contribution >= 0.6 is 31.9 Å². The number of nitrogens with one attached hydrogen (secondary N) is 1. The van der Waals surface area contributed by atoms with E-state index in [1.165, 1.54) is 0 Å². The number of carbonyl (C=O) groups is 1. The molecule has 7 nitrogen and oxygen atoms in total. The summed E-state index contributed by atoms with van der Waals surface area (Å²) in [4.78, 5) is 12.2. The molecule has 0 radical (unpaired) electrons. The lowest BCUT2D eigenvalue weighted by atomic mass is 10.0. The zero-order chi connectivity index (χ0) is 14.2. The van der Waals surface area contributed by atoms with Crippen molar-refractivity contribution in [2.45, 2.75) is 16.8 Å². The van der Waals surface area contributed by atoms with E-state index in [0.29, 0.717) is 4.90 Å². The van der Waals surface area contributed by atoms with Gasteiger partial charge in [0.1, 0.15) is 23.8 Å². The van der Waals surface area contributed by atoms with E-state index in [1.807, 2.05) is 12.1 Å². The lowest BCUT2D eigenvalue weighted by Gasteiger charge is -2.23. The fraction of sp³-hybridized carbons (Fsp3) is 0.667. The molecule has 0 aromatic rings. The molecule has 2 amide bonds. The Bertz CT molecular complexity index is 364. The highest BCUT2D eigenvalue weighted by Gasteiger charge is 2.30. The van der Waals surface area contributed by atoms with E-state index in [9.17, 15) is 4.79 Å². The standard InChI is InChI=1S/C9H12Br2N4O3/c10-3-9(11,4-13)1-7(2-12)14-8(18)15(5-16)6-17/h7,16-17H,1,3,5-6H2,(H,14,18). The first kappa shape index (κ1) is 17.1. The summed E-state index contributed by atoms with van der Waals surface area (Å²) in [6.07, 6.45) is 0.0572. The summed E-state index contributed by atoms with van der Waals surface area (Å²) in [5.41, 5.74) is 0. The highest BCUT2D eigenvalue weighted by Crippen LogP contribution is 2.25. The Morgan fingerprint density at radius 3 is 2.33 bits per heavy atom. The molecule has 0 bridgehead atoms. The van der Waals surface area contributed by atoms with Crippen LogP contribution in [0.1, 0.15) is 6.42 Å². The van der Waals surface area contributed by atoms with Gasteiger partial charge in [-0.2, -0.15) is 10.5 Å². The van der Waals surface area contributed by atoms with Gasteiger partial charge in [-0.25, -0.2) is 4.79 Å². The van der Waals surface area contributed by atoms with Crippen molar-refractivity contribution in [3.8, 4) is 12.1 Å². The molecule has 0 saturated carbocycles. The Hall–Kier alpha value is -0.870. The molecular weight excluding hydrogens is 372 g/mol. The molecule has 0 saturated heterocycles. The van der Waals surface area contributed by atoms with Crippen LogP contribution in [0, 0.1) is 22.7 Å². The molecule has 100 valence electrons. The van der Waals surface area contributed by atoms with Gasteiger partial charge >= 0.3 is 6.03 Å². The third-order valence-corrected chi connectivity index (χ3v) is 4.51. The number of hydrogen-bond acceptors (Lipinski definition) is 5. The highest BCUT2D eigenvalue weighted by atomic mass is 79.9. The van der Waals surface area contributed by atoms with Gasteiger partial charge in [-0.15, -0.1) is 0 Å². The van der Waals surface area contributed by atoms with Crippen LogP contribution in [0.2, 0.25) is 0 Å². The molecule has 0 aliphatic rings. The molecule has 2 atom stereocenters. The van der Waals surface area contributed by atoms with Crippen molar-refractivity contribution in [2.24, 2.45) is 0 Å². The number of nitriles is 2. The largest absolute Gasteiger partial charge is 0.376 e. The van der Waals surface area contributed by atoms with Crippen LogP contribution in [0.5, 0.6) is 0 Å². The van der Waals surface area contributed by atoms with Crippen molar-refractivity contribution in [1.82, 2.24) is 10.2 Å². The Labute approximate surface area is 121 Å². The molecular formula is C9H12Br2N4O3. The van der Waals surface area contributed by atoms with E-state index >= 15 is 0 Å². The number of carbonyl (C=O) groups excluding carboxylic acids is 1. The zero-order valence-corrected chi connectivity index (χ0v) is 12.5. The van der Waals surface area contributed by atoms with Crippen molar-refractivity contribution in [2.75, 3.05) is 18.8 Å². The summed E-state index contributed by atoms with van der Waals surface area (Å²) in [5.74, 6) is 0. The SMILES string of the molecule is N#CC(CC(Br)(C#N)CBr)NC(=O)N(CO)CO. The molecule has 0 fully saturated rings. The van der Waals surface area contributed by atoms with E-state index in [0.717, 1.165) is 0 Å². The normalized spacial score (nSPS) is 14.8. The highest BCUT2D eigenvalue weighted by molar-refractivity contribution is 9.12. The number of aliphatic hydroxyl groups excluding tert-OH is 2. The fourth-order valence-corrected chi connectivity index (χ4v) is 1.67. The number of hydrogen-bond donors (Lipinski definition) is 3. The summed E-state index contributed by atoms with van der Waals surface area (Å²) in [6, 6.07) is 2.11. The topological polar surface area (TPSA) is 120 Å². The molecule has 0 aromatic carbocycles. The molecule has 9 heteroatoms. The van der Waals surface area contributed by atoms with Crippen molar-refractivity contribution in [1.29, 1.82) is 10.5 Å². The van der Waals surface area contributed by atoms with Gasteiger partial charge in [0.2, 0.25) is 0 Å². The smallest absolute Gasteiger partial charge is 0.322 e. The minimum absolute atomic E-state index is 0.0572. The van der Waals surface area contributed by atoms with Gasteiger partial charge in [0.25, 0.3) is 0 Å². The molecule has 0 aliphatic heterocycles. The summed E-state index contributed by atoms with van der Waals surface area (Å²) in [6.45, 7) is -1.34. The second-order valence-electron chi connectivity index (χ2n) is 3.37. The maximum absolute atomic E-state index is 11.5. The summed E-state index contributed by atoms with van der Waals surface area (Å²) < 4.78 is -0.968. The predicted molar refractivity (Wildman–Crippen MR) is 69.6 cm³/mol. The zero-order valence-electron chi connectivity index (χ0n) is 9.31. The number of aliphatic hydroxyl groups is 2. The van der Waals surface area contributed by atoms with Gasteiger partial charge in [-0.3, -0.25) is 4.90 Å². The van der Waals surface area contributed by atoms with Crippen LogP contribution in [0.4, 0.5) is 4.79 Å². The monoisotopic (exact) mass is 382 g/mol. The number of amides is 2. The minimum Gasteiger partial charge on any atom is -0.376 e. The third-order valence-electron chi connectivity index (χ3n) is 2.02. The van der Waals surface area contributed by atoms with E-state index in [2.05, 4.69) is 37.2 Å². The maximum Gasteiger partial charge on any atom is 0.322 e. The van der Waals surface area contributed by atoms with Crippen LogP contribution in [-0.2, 0) is 0 Å². The lowest BCUT2D eigenvalue weighted by Crippen LogP contribution is -2.47. The van der Waals surface area contributed by atoms with Crippen LogP contribution in [0.25, 0.3) is 0 Å². The first-order valence-corrected chi connectivity index (χ1v) is 6.70. The lowest BCUT2D eigenvalue weighted by molar-refractivity contribution is 0.0561. The van der Waals surface area contributed by atoms with Crippen LogP contribution in [0.3, 0.4) is 0 Å². The molecule has 0 rings (SSSR count). The van der Waals surface area contributed by atoms with Gasteiger partial charge in [-0.1, -0.05) is 31.9 Å². The maximum atomic E-state index is 11.5. The van der Waals surface area contributed by atoms with Gasteiger partial charge in [0.15, 0.2) is 0 Å². The van der Waals surface area contributed by atoms with Gasteiger partial charge in [-0.05, 0) is 0 Å². The van der Waals surface area contributed by atoms with Crippen LogP contribution in [-0.4, -0.2) is 50.3 Å². The number of urea groups is 1. The Morgan fingerprint density at radius 2 is 2.00 bits per heavy atom. The average Bonchev–Trinajstić information content (AvgIpc) is 2.39. The van der Waals surface area contributed by atoms with Crippen molar-refractivity contribution < 1.29 is 15.0 Å². The number of rotatable bonds is 6. The summed E-state index contributed by atoms with van der Waals surface area (Å²) in [5, 5.41) is 37.9. The third kappa shape index (κ3) is 5.19. The molecule has 2 unspecified atom stereocenters. The van der Waals surface area contributed by atoms with E-state index in [4.69, 9.17) is 20.7 Å². The fourth-order valence-electron chi connectivity index (χ4n) is 0.996. The quantitative estimate of drug-likeness (QED) is 0.448. The number of alkyl halides is 2. The molecule has 0 aromatic heterocycles. The van der Waals surface area contributed by atoms with Gasteiger partial charge < -0.3 is 15.5 Å². The van der Waals surface area contributed by atoms with E-state index < -0.39 is 29.9 Å². The number of halogens is 2. The minimum atomic E-state index is -0.968. The Morgan fingerprint density at radius 1 is 1.44 bits per heavy atom. The van der Waals surface area contributed by atoms with Crippen molar-refractivity contribution in [3.05, 3.63) is 0 Å². The van der Waals surface area contributed by atoms with E-state index in [1.54, 1.807) is 0 Å². The molecule has 18 heavy (non-hydrogen) atoms. The second kappa shape index (κ2) is 8.27. The summed E-state index contributed by atoms with van der Waals surface area (Å²) in [7, 11) is 0. The predicted octanol–water partition coefficient (Wildman–Crippen LogP) is 0.232. The van der Waals surface area contributed by atoms with Crippen LogP contribution in [0.15, 0.2) is 0 Å². The molecule has 3 N–H and O–H groups in total. The molecule has 0 spiro atoms. The van der Waals surface area contributed by atoms with Crippen molar-refractivity contribution in [3.63, 3.8) is 0 Å². The first-order chi connectivity index (χ1) is 8.46. The Balaban J connectivity index is 4.60. The molecule has 0 aliphatic carbocycles. The average molecular weight is 384 g/mol. The first-order valence-electron chi connectivity index (χ1n) is 4.79. The number of nitrogens with zero attached hydrogens (tertiary/aromatic N) is 3.